The molecule has 2 N–H and O–H groups in total. The van der Waals surface area contributed by atoms with Gasteiger partial charge in [0.25, 0.3) is 0 Å². The number of methoxy groups -OCH3 is 1. The van der Waals surface area contributed by atoms with Crippen LogP contribution in [0.2, 0.25) is 0 Å². The van der Waals surface area contributed by atoms with Gasteiger partial charge in [-0.3, -0.25) is 0 Å². The van der Waals surface area contributed by atoms with Gasteiger partial charge >= 0.3 is 0 Å². The van der Waals surface area contributed by atoms with E-state index in [0.29, 0.717) is 0 Å². The van der Waals surface area contributed by atoms with Crippen LogP contribution in [-0.2, 0) is 4.74 Å². The van der Waals surface area contributed by atoms with Crippen LogP contribution in [0, 0.1) is 0 Å². The fourth-order valence-electron chi connectivity index (χ4n) is 1.93. The summed E-state index contributed by atoms with van der Waals surface area (Å²) in [5, 5.41) is 1.29. The smallest absolute Gasteiger partial charge is 0.0623 e. The van der Waals surface area contributed by atoms with E-state index in [1.54, 1.807) is 18.4 Å². The van der Waals surface area contributed by atoms with Gasteiger partial charge in [-0.2, -0.15) is 0 Å². The van der Waals surface area contributed by atoms with Gasteiger partial charge in [0, 0.05) is 22.7 Å². The Hall–Kier alpha value is -0.900. The number of benzene rings is 1. The van der Waals surface area contributed by atoms with E-state index in [1.165, 1.54) is 15.0 Å². The molecule has 0 amide bonds. The van der Waals surface area contributed by atoms with Gasteiger partial charge in [0.2, 0.25) is 0 Å². The van der Waals surface area contributed by atoms with Gasteiger partial charge in [-0.15, -0.1) is 11.3 Å². The molecule has 1 aromatic carbocycles. The van der Waals surface area contributed by atoms with Crippen LogP contribution >= 0.6 is 11.3 Å². The van der Waals surface area contributed by atoms with E-state index in [9.17, 15) is 0 Å². The molecule has 0 radical (unpaired) electrons. The van der Waals surface area contributed by atoms with Gasteiger partial charge in [-0.25, -0.2) is 0 Å². The third kappa shape index (κ3) is 3.10. The number of ether oxygens (including phenoxy) is 1. The van der Waals surface area contributed by atoms with E-state index in [2.05, 4.69) is 44.2 Å². The third-order valence-electron chi connectivity index (χ3n) is 3.42. The topological polar surface area (TPSA) is 35.2 Å². The molecular formula is C15H21NOS. The van der Waals surface area contributed by atoms with Crippen LogP contribution in [0.3, 0.4) is 0 Å². The summed E-state index contributed by atoms with van der Waals surface area (Å²) in [4.78, 5) is 1.27. The monoisotopic (exact) mass is 263 g/mol. The van der Waals surface area contributed by atoms with Gasteiger partial charge in [0.1, 0.15) is 0 Å². The maximum absolute atomic E-state index is 6.28. The molecule has 0 saturated carbocycles. The lowest BCUT2D eigenvalue weighted by Crippen LogP contribution is -2.24. The highest BCUT2D eigenvalue weighted by Gasteiger charge is 2.19. The molecule has 0 aliphatic rings. The number of nitrogens with two attached hydrogens (primary N) is 1. The molecule has 0 spiro atoms. The summed E-state index contributed by atoms with van der Waals surface area (Å²) < 4.78 is 6.74. The summed E-state index contributed by atoms with van der Waals surface area (Å²) in [5.74, 6) is 0. The fraction of sp³-hybridized carbons (Fsp3) is 0.467. The maximum atomic E-state index is 6.28. The van der Waals surface area contributed by atoms with Crippen LogP contribution in [0.25, 0.3) is 10.1 Å². The summed E-state index contributed by atoms with van der Waals surface area (Å²) >= 11 is 1.80. The molecule has 0 saturated heterocycles. The second kappa shape index (κ2) is 5.39. The summed E-state index contributed by atoms with van der Waals surface area (Å²) in [6.45, 7) is 4.20. The lowest BCUT2D eigenvalue weighted by atomic mass is 9.98. The first kappa shape index (κ1) is 13.5. The van der Waals surface area contributed by atoms with Crippen molar-refractivity contribution in [3.05, 3.63) is 35.2 Å². The zero-order chi connectivity index (χ0) is 13.2. The van der Waals surface area contributed by atoms with Gasteiger partial charge < -0.3 is 10.5 Å². The minimum atomic E-state index is -0.0890. The van der Waals surface area contributed by atoms with Gasteiger partial charge in [0.05, 0.1) is 5.60 Å². The highest BCUT2D eigenvalue weighted by atomic mass is 32.1. The lowest BCUT2D eigenvalue weighted by molar-refractivity contribution is 0.0125. The average molecular weight is 263 g/mol. The number of rotatable bonds is 5. The van der Waals surface area contributed by atoms with Crippen LogP contribution in [-0.4, -0.2) is 12.7 Å². The molecule has 1 unspecified atom stereocenters. The third-order valence-corrected chi connectivity index (χ3v) is 4.67. The zero-order valence-corrected chi connectivity index (χ0v) is 12.1. The maximum Gasteiger partial charge on any atom is 0.0623 e. The van der Waals surface area contributed by atoms with E-state index < -0.39 is 0 Å². The summed E-state index contributed by atoms with van der Waals surface area (Å²) in [7, 11) is 1.75. The largest absolute Gasteiger partial charge is 0.379 e. The standard InChI is InChI=1S/C15H21NOS/c1-15(2,17-3)9-8-12(16)14-10-11-6-4-5-7-13(11)18-14/h4-7,10,12H,8-9,16H2,1-3H3. The number of fused-ring (bicyclic) bond motifs is 1. The Kier molecular flexibility index (Phi) is 4.05. The van der Waals surface area contributed by atoms with Crippen molar-refractivity contribution in [3.63, 3.8) is 0 Å². The predicted octanol–water partition coefficient (Wildman–Crippen LogP) is 4.11. The molecule has 0 aliphatic carbocycles. The molecule has 1 atom stereocenters. The Morgan fingerprint density at radius 3 is 2.72 bits per heavy atom. The SMILES string of the molecule is COC(C)(C)CCC(N)c1cc2ccccc2s1. The van der Waals surface area contributed by atoms with Crippen molar-refractivity contribution in [2.75, 3.05) is 7.11 Å². The van der Waals surface area contributed by atoms with Crippen LogP contribution in [0.15, 0.2) is 30.3 Å². The zero-order valence-electron chi connectivity index (χ0n) is 11.3. The van der Waals surface area contributed by atoms with E-state index in [0.717, 1.165) is 12.8 Å². The van der Waals surface area contributed by atoms with Crippen molar-refractivity contribution in [2.45, 2.75) is 38.3 Å². The molecule has 18 heavy (non-hydrogen) atoms. The Balaban J connectivity index is 2.07. The second-order valence-electron chi connectivity index (χ2n) is 5.30. The molecule has 2 aromatic rings. The number of thiophene rings is 1. The van der Waals surface area contributed by atoms with Gasteiger partial charge in [-0.1, -0.05) is 18.2 Å². The van der Waals surface area contributed by atoms with E-state index in [4.69, 9.17) is 10.5 Å². The molecule has 1 aromatic heterocycles. The van der Waals surface area contributed by atoms with Crippen molar-refractivity contribution in [2.24, 2.45) is 5.73 Å². The van der Waals surface area contributed by atoms with Gasteiger partial charge in [0.15, 0.2) is 0 Å². The summed E-state index contributed by atoms with van der Waals surface area (Å²) in [6.07, 6.45) is 1.92. The van der Waals surface area contributed by atoms with Crippen molar-refractivity contribution < 1.29 is 4.74 Å². The first-order valence-electron chi connectivity index (χ1n) is 6.31. The Labute approximate surface area is 113 Å². The van der Waals surface area contributed by atoms with E-state index in [-0.39, 0.29) is 11.6 Å². The van der Waals surface area contributed by atoms with Crippen LogP contribution in [0.5, 0.6) is 0 Å². The molecule has 98 valence electrons. The van der Waals surface area contributed by atoms with Crippen molar-refractivity contribution >= 4 is 21.4 Å². The van der Waals surface area contributed by atoms with Crippen LogP contribution in [0.4, 0.5) is 0 Å². The summed E-state index contributed by atoms with van der Waals surface area (Å²) in [5.41, 5.74) is 6.19. The lowest BCUT2D eigenvalue weighted by Gasteiger charge is -2.24. The molecule has 2 nitrogen and oxygen atoms in total. The van der Waals surface area contributed by atoms with Gasteiger partial charge in [-0.05, 0) is 44.2 Å². The minimum Gasteiger partial charge on any atom is -0.379 e. The second-order valence-corrected chi connectivity index (χ2v) is 6.41. The first-order valence-corrected chi connectivity index (χ1v) is 7.13. The molecule has 0 aliphatic heterocycles. The van der Waals surface area contributed by atoms with E-state index in [1.807, 2.05) is 0 Å². The molecule has 0 fully saturated rings. The van der Waals surface area contributed by atoms with Crippen LogP contribution in [0.1, 0.15) is 37.6 Å². The fourth-order valence-corrected chi connectivity index (χ4v) is 3.03. The number of hydrogen-bond donors (Lipinski definition) is 1. The summed E-state index contributed by atoms with van der Waals surface area (Å²) in [6, 6.07) is 10.7. The average Bonchev–Trinajstić information content (AvgIpc) is 2.80. The van der Waals surface area contributed by atoms with Crippen molar-refractivity contribution in [1.29, 1.82) is 0 Å². The molecule has 1 heterocycles. The number of hydrogen-bond acceptors (Lipinski definition) is 3. The molecule has 0 bridgehead atoms. The Morgan fingerprint density at radius 2 is 2.06 bits per heavy atom. The molecule has 3 heteroatoms. The van der Waals surface area contributed by atoms with Crippen molar-refractivity contribution in [1.82, 2.24) is 0 Å². The van der Waals surface area contributed by atoms with Crippen LogP contribution < -0.4 is 5.73 Å². The quantitative estimate of drug-likeness (QED) is 0.881. The highest BCUT2D eigenvalue weighted by Crippen LogP contribution is 2.31. The van der Waals surface area contributed by atoms with E-state index >= 15 is 0 Å². The van der Waals surface area contributed by atoms with Crippen molar-refractivity contribution in [3.8, 4) is 0 Å². The first-order chi connectivity index (χ1) is 8.52. The Morgan fingerprint density at radius 1 is 1.33 bits per heavy atom. The predicted molar refractivity (Wildman–Crippen MR) is 79.1 cm³/mol. The molecule has 2 rings (SSSR count). The minimum absolute atomic E-state index is 0.0890. The normalized spacial score (nSPS) is 14.0. The highest BCUT2D eigenvalue weighted by molar-refractivity contribution is 7.19. The molecular weight excluding hydrogens is 242 g/mol. The Bertz CT molecular complexity index is 485.